The first-order valence-electron chi connectivity index (χ1n) is 8.42. The number of carbonyl (C=O) groups is 2. The van der Waals surface area contributed by atoms with Gasteiger partial charge in [-0.05, 0) is 37.5 Å². The summed E-state index contributed by atoms with van der Waals surface area (Å²) in [6.45, 7) is 2.35. The van der Waals surface area contributed by atoms with Crippen molar-refractivity contribution in [3.63, 3.8) is 0 Å². The lowest BCUT2D eigenvalue weighted by Gasteiger charge is -2.24. The Bertz CT molecular complexity index is 611. The molecular formula is C18H23ClN2O2. The second-order valence-electron chi connectivity index (χ2n) is 6.63. The van der Waals surface area contributed by atoms with E-state index in [0.717, 1.165) is 24.1 Å². The Morgan fingerprint density at radius 3 is 2.74 bits per heavy atom. The van der Waals surface area contributed by atoms with Gasteiger partial charge in [-0.2, -0.15) is 0 Å². The third kappa shape index (κ3) is 3.52. The van der Waals surface area contributed by atoms with Crippen LogP contribution in [0.5, 0.6) is 0 Å². The van der Waals surface area contributed by atoms with Gasteiger partial charge in [0.25, 0.3) is 0 Å². The quantitative estimate of drug-likeness (QED) is 0.920. The molecule has 2 fully saturated rings. The molecule has 1 aliphatic heterocycles. The molecule has 1 atom stereocenters. The summed E-state index contributed by atoms with van der Waals surface area (Å²) >= 11 is 6.15. The van der Waals surface area contributed by atoms with Crippen molar-refractivity contribution in [3.05, 3.63) is 28.8 Å². The second kappa shape index (κ2) is 6.91. The Morgan fingerprint density at radius 2 is 2.00 bits per heavy atom. The van der Waals surface area contributed by atoms with Gasteiger partial charge in [0.05, 0.1) is 5.92 Å². The van der Waals surface area contributed by atoms with Gasteiger partial charge in [-0.3, -0.25) is 9.59 Å². The molecule has 1 saturated carbocycles. The molecule has 0 bridgehead atoms. The standard InChI is InChI=1S/C18H23ClN2O2/c1-12-15(19)8-5-9-16(12)21-11-13(10-17(21)22)18(23)20-14-6-3-2-4-7-14/h5,8-9,13-14H,2-4,6-7,10-11H2,1H3,(H,20,23)/t13-/m0/s1. The first kappa shape index (κ1) is 16.3. The minimum atomic E-state index is -0.261. The molecule has 0 unspecified atom stereocenters. The monoisotopic (exact) mass is 334 g/mol. The van der Waals surface area contributed by atoms with Gasteiger partial charge in [0.1, 0.15) is 0 Å². The third-order valence-electron chi connectivity index (χ3n) is 4.98. The lowest BCUT2D eigenvalue weighted by Crippen LogP contribution is -2.40. The number of carbonyl (C=O) groups excluding carboxylic acids is 2. The molecule has 3 rings (SSSR count). The number of nitrogens with zero attached hydrogens (tertiary/aromatic N) is 1. The molecule has 2 aliphatic rings. The van der Waals surface area contributed by atoms with E-state index in [1.54, 1.807) is 4.90 Å². The van der Waals surface area contributed by atoms with Crippen molar-refractivity contribution in [2.75, 3.05) is 11.4 Å². The molecular weight excluding hydrogens is 312 g/mol. The van der Waals surface area contributed by atoms with E-state index in [9.17, 15) is 9.59 Å². The molecule has 1 saturated heterocycles. The lowest BCUT2D eigenvalue weighted by molar-refractivity contribution is -0.127. The summed E-state index contributed by atoms with van der Waals surface area (Å²) < 4.78 is 0. The Kier molecular flexibility index (Phi) is 4.90. The van der Waals surface area contributed by atoms with Gasteiger partial charge in [0, 0.05) is 29.7 Å². The predicted octanol–water partition coefficient (Wildman–Crippen LogP) is 3.45. The first-order chi connectivity index (χ1) is 11.1. The summed E-state index contributed by atoms with van der Waals surface area (Å²) in [6, 6.07) is 5.83. The van der Waals surface area contributed by atoms with Crippen molar-refractivity contribution < 1.29 is 9.59 Å². The molecule has 1 aromatic rings. The largest absolute Gasteiger partial charge is 0.353 e. The zero-order valence-corrected chi connectivity index (χ0v) is 14.2. The maximum absolute atomic E-state index is 12.5. The van der Waals surface area contributed by atoms with Crippen LogP contribution < -0.4 is 10.2 Å². The molecule has 0 radical (unpaired) electrons. The van der Waals surface area contributed by atoms with Gasteiger partial charge < -0.3 is 10.2 Å². The number of hydrogen-bond donors (Lipinski definition) is 1. The van der Waals surface area contributed by atoms with E-state index < -0.39 is 0 Å². The molecule has 1 aromatic carbocycles. The summed E-state index contributed by atoms with van der Waals surface area (Å²) in [5.74, 6) is -0.241. The van der Waals surface area contributed by atoms with Crippen molar-refractivity contribution in [1.82, 2.24) is 5.32 Å². The zero-order chi connectivity index (χ0) is 16.4. The molecule has 1 heterocycles. The smallest absolute Gasteiger partial charge is 0.227 e. The summed E-state index contributed by atoms with van der Waals surface area (Å²) in [6.07, 6.45) is 6.03. The molecule has 0 spiro atoms. The minimum absolute atomic E-state index is 0.000777. The molecule has 23 heavy (non-hydrogen) atoms. The topological polar surface area (TPSA) is 49.4 Å². The average Bonchev–Trinajstić information content (AvgIpc) is 2.93. The SMILES string of the molecule is Cc1c(Cl)cccc1N1C[C@@H](C(=O)NC2CCCCC2)CC1=O. The van der Waals surface area contributed by atoms with Crippen LogP contribution in [-0.2, 0) is 9.59 Å². The van der Waals surface area contributed by atoms with Crippen molar-refractivity contribution >= 4 is 29.1 Å². The van der Waals surface area contributed by atoms with E-state index in [2.05, 4.69) is 5.32 Å². The zero-order valence-electron chi connectivity index (χ0n) is 13.5. The van der Waals surface area contributed by atoms with E-state index in [1.807, 2.05) is 25.1 Å². The van der Waals surface area contributed by atoms with Crippen LogP contribution in [0.2, 0.25) is 5.02 Å². The van der Waals surface area contributed by atoms with Crippen LogP contribution >= 0.6 is 11.6 Å². The number of amides is 2. The fourth-order valence-corrected chi connectivity index (χ4v) is 3.74. The van der Waals surface area contributed by atoms with Gasteiger partial charge in [-0.15, -0.1) is 0 Å². The normalized spacial score (nSPS) is 22.4. The number of benzene rings is 1. The highest BCUT2D eigenvalue weighted by molar-refractivity contribution is 6.31. The fraction of sp³-hybridized carbons (Fsp3) is 0.556. The molecule has 1 N–H and O–H groups in total. The van der Waals surface area contributed by atoms with Crippen LogP contribution in [0.1, 0.15) is 44.1 Å². The van der Waals surface area contributed by atoms with Crippen molar-refractivity contribution in [2.45, 2.75) is 51.5 Å². The van der Waals surface area contributed by atoms with Gasteiger partial charge in [-0.1, -0.05) is 36.9 Å². The van der Waals surface area contributed by atoms with Crippen LogP contribution in [0, 0.1) is 12.8 Å². The van der Waals surface area contributed by atoms with Gasteiger partial charge in [-0.25, -0.2) is 0 Å². The van der Waals surface area contributed by atoms with Gasteiger partial charge in [0.15, 0.2) is 0 Å². The highest BCUT2D eigenvalue weighted by atomic mass is 35.5. The van der Waals surface area contributed by atoms with Crippen LogP contribution in [0.3, 0.4) is 0 Å². The minimum Gasteiger partial charge on any atom is -0.353 e. The second-order valence-corrected chi connectivity index (χ2v) is 7.04. The number of halogens is 1. The summed E-state index contributed by atoms with van der Waals surface area (Å²) in [5.41, 5.74) is 1.70. The summed E-state index contributed by atoms with van der Waals surface area (Å²) in [7, 11) is 0. The summed E-state index contributed by atoms with van der Waals surface area (Å²) in [5, 5.41) is 3.78. The summed E-state index contributed by atoms with van der Waals surface area (Å²) in [4.78, 5) is 26.5. The number of rotatable bonds is 3. The molecule has 4 nitrogen and oxygen atoms in total. The Morgan fingerprint density at radius 1 is 1.26 bits per heavy atom. The van der Waals surface area contributed by atoms with Crippen LogP contribution in [-0.4, -0.2) is 24.4 Å². The Labute approximate surface area is 142 Å². The van der Waals surface area contributed by atoms with E-state index in [0.29, 0.717) is 11.6 Å². The number of anilines is 1. The molecule has 1 aliphatic carbocycles. The van der Waals surface area contributed by atoms with E-state index in [4.69, 9.17) is 11.6 Å². The number of nitrogens with one attached hydrogen (secondary N) is 1. The van der Waals surface area contributed by atoms with Gasteiger partial charge in [0.2, 0.25) is 11.8 Å². The van der Waals surface area contributed by atoms with E-state index in [1.165, 1.54) is 19.3 Å². The Hall–Kier alpha value is -1.55. The highest BCUT2D eigenvalue weighted by Crippen LogP contribution is 2.31. The lowest BCUT2D eigenvalue weighted by atomic mass is 9.95. The fourth-order valence-electron chi connectivity index (χ4n) is 3.57. The predicted molar refractivity (Wildman–Crippen MR) is 91.7 cm³/mol. The maximum Gasteiger partial charge on any atom is 0.227 e. The molecule has 0 aromatic heterocycles. The van der Waals surface area contributed by atoms with Crippen molar-refractivity contribution in [1.29, 1.82) is 0 Å². The van der Waals surface area contributed by atoms with Crippen LogP contribution in [0.15, 0.2) is 18.2 Å². The van der Waals surface area contributed by atoms with Crippen molar-refractivity contribution in [2.24, 2.45) is 5.92 Å². The average molecular weight is 335 g/mol. The van der Waals surface area contributed by atoms with Crippen LogP contribution in [0.25, 0.3) is 0 Å². The third-order valence-corrected chi connectivity index (χ3v) is 5.39. The van der Waals surface area contributed by atoms with E-state index in [-0.39, 0.29) is 30.2 Å². The Balaban J connectivity index is 1.67. The highest BCUT2D eigenvalue weighted by Gasteiger charge is 2.36. The molecule has 124 valence electrons. The van der Waals surface area contributed by atoms with Crippen LogP contribution in [0.4, 0.5) is 5.69 Å². The maximum atomic E-state index is 12.5. The number of hydrogen-bond acceptors (Lipinski definition) is 2. The van der Waals surface area contributed by atoms with Gasteiger partial charge >= 0.3 is 0 Å². The van der Waals surface area contributed by atoms with Crippen molar-refractivity contribution in [3.8, 4) is 0 Å². The van der Waals surface area contributed by atoms with E-state index >= 15 is 0 Å². The molecule has 2 amide bonds. The first-order valence-corrected chi connectivity index (χ1v) is 8.80. The molecule has 5 heteroatoms.